The van der Waals surface area contributed by atoms with Gasteiger partial charge in [0.05, 0.1) is 4.47 Å². The van der Waals surface area contributed by atoms with Crippen LogP contribution in [0.2, 0.25) is 0 Å². The maximum absolute atomic E-state index is 6.06. The van der Waals surface area contributed by atoms with Crippen LogP contribution in [-0.2, 0) is 0 Å². The average molecular weight is 399 g/mol. The summed E-state index contributed by atoms with van der Waals surface area (Å²) in [4.78, 5) is 0. The van der Waals surface area contributed by atoms with E-state index in [1.807, 2.05) is 36.4 Å². The van der Waals surface area contributed by atoms with Gasteiger partial charge in [0.1, 0.15) is 11.5 Å². The zero-order chi connectivity index (χ0) is 14.5. The van der Waals surface area contributed by atoms with E-state index in [0.29, 0.717) is 0 Å². The lowest BCUT2D eigenvalue weighted by atomic mass is 10.1. The normalized spacial score (nSPS) is 12.2. The molecule has 0 aliphatic heterocycles. The highest BCUT2D eigenvalue weighted by atomic mass is 79.9. The van der Waals surface area contributed by atoms with E-state index in [1.165, 1.54) is 0 Å². The first-order valence-corrected chi connectivity index (χ1v) is 8.15. The van der Waals surface area contributed by atoms with Crippen LogP contribution in [0.15, 0.2) is 51.4 Å². The molecule has 2 rings (SSSR count). The van der Waals surface area contributed by atoms with Crippen LogP contribution < -0.4 is 10.1 Å². The Bertz CT molecular complexity index is 586. The number of hydrogen-bond acceptors (Lipinski definition) is 2. The third-order valence-electron chi connectivity index (χ3n) is 3.01. The standard InChI is InChI=1S/C16H17Br2NO/c1-3-19-11(2)13-6-4-5-7-15(13)20-16-9-8-12(17)10-14(16)18/h4-11,19H,3H2,1-2H3. The van der Waals surface area contributed by atoms with Crippen molar-refractivity contribution in [3.63, 3.8) is 0 Å². The molecule has 106 valence electrons. The molecule has 0 aromatic heterocycles. The van der Waals surface area contributed by atoms with Gasteiger partial charge >= 0.3 is 0 Å². The third kappa shape index (κ3) is 3.84. The van der Waals surface area contributed by atoms with Gasteiger partial charge in [-0.3, -0.25) is 0 Å². The van der Waals surface area contributed by atoms with Crippen molar-refractivity contribution in [2.75, 3.05) is 6.54 Å². The van der Waals surface area contributed by atoms with E-state index in [1.54, 1.807) is 0 Å². The monoisotopic (exact) mass is 397 g/mol. The summed E-state index contributed by atoms with van der Waals surface area (Å²) in [5, 5.41) is 3.41. The Morgan fingerprint density at radius 2 is 1.85 bits per heavy atom. The summed E-state index contributed by atoms with van der Waals surface area (Å²) in [7, 11) is 0. The number of para-hydroxylation sites is 1. The van der Waals surface area contributed by atoms with Gasteiger partial charge in [0.25, 0.3) is 0 Å². The molecule has 0 saturated heterocycles. The van der Waals surface area contributed by atoms with E-state index >= 15 is 0 Å². The zero-order valence-electron chi connectivity index (χ0n) is 11.5. The minimum atomic E-state index is 0.255. The van der Waals surface area contributed by atoms with Gasteiger partial charge in [-0.1, -0.05) is 41.1 Å². The lowest BCUT2D eigenvalue weighted by molar-refractivity contribution is 0.460. The molecule has 0 fully saturated rings. The van der Waals surface area contributed by atoms with Gasteiger partial charge in [0.2, 0.25) is 0 Å². The van der Waals surface area contributed by atoms with Crippen molar-refractivity contribution in [1.82, 2.24) is 5.32 Å². The largest absolute Gasteiger partial charge is 0.456 e. The Labute approximate surface area is 136 Å². The van der Waals surface area contributed by atoms with E-state index in [-0.39, 0.29) is 6.04 Å². The second kappa shape index (κ2) is 7.25. The van der Waals surface area contributed by atoms with Gasteiger partial charge in [-0.05, 0) is 53.7 Å². The molecule has 0 heterocycles. The zero-order valence-corrected chi connectivity index (χ0v) is 14.7. The van der Waals surface area contributed by atoms with Gasteiger partial charge in [0, 0.05) is 16.1 Å². The molecule has 2 aromatic carbocycles. The predicted molar refractivity (Wildman–Crippen MR) is 90.4 cm³/mol. The first-order chi connectivity index (χ1) is 9.61. The van der Waals surface area contributed by atoms with E-state index in [4.69, 9.17) is 4.74 Å². The fourth-order valence-corrected chi connectivity index (χ4v) is 3.15. The molecule has 0 spiro atoms. The van der Waals surface area contributed by atoms with Crippen molar-refractivity contribution in [2.45, 2.75) is 19.9 Å². The van der Waals surface area contributed by atoms with Crippen LogP contribution in [0.5, 0.6) is 11.5 Å². The van der Waals surface area contributed by atoms with Crippen molar-refractivity contribution in [3.8, 4) is 11.5 Å². The Hall–Kier alpha value is -0.840. The lowest BCUT2D eigenvalue weighted by Gasteiger charge is -2.18. The van der Waals surface area contributed by atoms with Crippen LogP contribution in [0.1, 0.15) is 25.5 Å². The molecule has 0 aliphatic rings. The SMILES string of the molecule is CCNC(C)c1ccccc1Oc1ccc(Br)cc1Br. The van der Waals surface area contributed by atoms with Crippen LogP contribution in [0, 0.1) is 0 Å². The predicted octanol–water partition coefficient (Wildman–Crippen LogP) is 5.67. The summed E-state index contributed by atoms with van der Waals surface area (Å²) in [6.07, 6.45) is 0. The van der Waals surface area contributed by atoms with E-state index in [9.17, 15) is 0 Å². The third-order valence-corrected chi connectivity index (χ3v) is 4.12. The average Bonchev–Trinajstić information content (AvgIpc) is 2.43. The highest BCUT2D eigenvalue weighted by Crippen LogP contribution is 2.35. The summed E-state index contributed by atoms with van der Waals surface area (Å²) in [6, 6.07) is 14.3. The maximum Gasteiger partial charge on any atom is 0.141 e. The highest BCUT2D eigenvalue weighted by Gasteiger charge is 2.12. The van der Waals surface area contributed by atoms with Crippen molar-refractivity contribution >= 4 is 31.9 Å². The van der Waals surface area contributed by atoms with Gasteiger partial charge in [-0.25, -0.2) is 0 Å². The minimum Gasteiger partial charge on any atom is -0.456 e. The second-order valence-electron chi connectivity index (χ2n) is 4.49. The molecule has 0 amide bonds. The quantitative estimate of drug-likeness (QED) is 0.699. The van der Waals surface area contributed by atoms with Crippen molar-refractivity contribution in [3.05, 3.63) is 57.0 Å². The number of benzene rings is 2. The minimum absolute atomic E-state index is 0.255. The molecule has 20 heavy (non-hydrogen) atoms. The topological polar surface area (TPSA) is 21.3 Å². The summed E-state index contributed by atoms with van der Waals surface area (Å²) in [5.41, 5.74) is 1.16. The Kier molecular flexibility index (Phi) is 5.64. The van der Waals surface area contributed by atoms with Gasteiger partial charge in [-0.15, -0.1) is 0 Å². The number of hydrogen-bond donors (Lipinski definition) is 1. The van der Waals surface area contributed by atoms with Crippen LogP contribution >= 0.6 is 31.9 Å². The summed E-state index contributed by atoms with van der Waals surface area (Å²) < 4.78 is 8.00. The summed E-state index contributed by atoms with van der Waals surface area (Å²) in [6.45, 7) is 5.17. The molecule has 0 radical (unpaired) electrons. The number of ether oxygens (including phenoxy) is 1. The fraction of sp³-hybridized carbons (Fsp3) is 0.250. The second-order valence-corrected chi connectivity index (χ2v) is 6.26. The Balaban J connectivity index is 2.29. The van der Waals surface area contributed by atoms with E-state index in [2.05, 4.69) is 57.1 Å². The number of nitrogens with one attached hydrogen (secondary N) is 1. The van der Waals surface area contributed by atoms with Crippen molar-refractivity contribution in [2.24, 2.45) is 0 Å². The highest BCUT2D eigenvalue weighted by molar-refractivity contribution is 9.11. The lowest BCUT2D eigenvalue weighted by Crippen LogP contribution is -2.18. The molecule has 4 heteroatoms. The molecule has 2 aromatic rings. The molecular weight excluding hydrogens is 382 g/mol. The number of rotatable bonds is 5. The van der Waals surface area contributed by atoms with Gasteiger partial charge < -0.3 is 10.1 Å². The molecule has 0 bridgehead atoms. The van der Waals surface area contributed by atoms with Crippen LogP contribution in [0.4, 0.5) is 0 Å². The molecule has 1 atom stereocenters. The van der Waals surface area contributed by atoms with Crippen LogP contribution in [0.3, 0.4) is 0 Å². The maximum atomic E-state index is 6.06. The van der Waals surface area contributed by atoms with Gasteiger partial charge in [-0.2, -0.15) is 0 Å². The van der Waals surface area contributed by atoms with Crippen molar-refractivity contribution < 1.29 is 4.74 Å². The Morgan fingerprint density at radius 1 is 1.10 bits per heavy atom. The molecule has 2 nitrogen and oxygen atoms in total. The molecular formula is C16H17Br2NO. The molecule has 0 saturated carbocycles. The Morgan fingerprint density at radius 3 is 2.55 bits per heavy atom. The van der Waals surface area contributed by atoms with Crippen molar-refractivity contribution in [1.29, 1.82) is 0 Å². The first kappa shape index (κ1) is 15.5. The smallest absolute Gasteiger partial charge is 0.141 e. The molecule has 0 aliphatic carbocycles. The first-order valence-electron chi connectivity index (χ1n) is 6.57. The summed E-state index contributed by atoms with van der Waals surface area (Å²) in [5.74, 6) is 1.69. The number of halogens is 2. The van der Waals surface area contributed by atoms with E-state index in [0.717, 1.165) is 32.6 Å². The van der Waals surface area contributed by atoms with Crippen LogP contribution in [0.25, 0.3) is 0 Å². The molecule has 1 unspecified atom stereocenters. The van der Waals surface area contributed by atoms with Gasteiger partial charge in [0.15, 0.2) is 0 Å². The fourth-order valence-electron chi connectivity index (χ4n) is 2.02. The van der Waals surface area contributed by atoms with Crippen LogP contribution in [-0.4, -0.2) is 6.54 Å². The summed E-state index contributed by atoms with van der Waals surface area (Å²) >= 11 is 6.97. The van der Waals surface area contributed by atoms with E-state index < -0.39 is 0 Å². The molecule has 1 N–H and O–H groups in total.